The van der Waals surface area contributed by atoms with Crippen LogP contribution in [-0.2, 0) is 28.2 Å². The summed E-state index contributed by atoms with van der Waals surface area (Å²) in [6, 6.07) is 0. The van der Waals surface area contributed by atoms with E-state index in [1.165, 1.54) is 6.92 Å². The van der Waals surface area contributed by atoms with E-state index >= 15 is 0 Å². The van der Waals surface area contributed by atoms with E-state index in [1.807, 2.05) is 0 Å². The van der Waals surface area contributed by atoms with Gasteiger partial charge in [-0.25, -0.2) is 4.18 Å². The van der Waals surface area contributed by atoms with Gasteiger partial charge in [-0.1, -0.05) is 6.92 Å². The van der Waals surface area contributed by atoms with Crippen LogP contribution in [0.15, 0.2) is 0 Å². The van der Waals surface area contributed by atoms with Crippen molar-refractivity contribution in [1.29, 1.82) is 0 Å². The molecule has 0 aliphatic heterocycles. The quantitative estimate of drug-likeness (QED) is 0.500. The van der Waals surface area contributed by atoms with Crippen molar-refractivity contribution in [2.75, 3.05) is 12.9 Å². The van der Waals surface area contributed by atoms with E-state index < -0.39 is 29.8 Å². The summed E-state index contributed by atoms with van der Waals surface area (Å²) in [6.07, 6.45) is 0.826. The predicted octanol–water partition coefficient (Wildman–Crippen LogP) is 1.05. The molecule has 0 saturated heterocycles. The summed E-state index contributed by atoms with van der Waals surface area (Å²) < 4.78 is 42.1. The molecule has 0 saturated carbocycles. The zero-order valence-electron chi connectivity index (χ0n) is 8.80. The fraction of sp³-hybridized carbons (Fsp3) is 0.857. The minimum Gasteiger partial charge on any atom is -0.292 e. The van der Waals surface area contributed by atoms with Crippen molar-refractivity contribution in [1.82, 2.24) is 0 Å². The van der Waals surface area contributed by atoms with E-state index in [0.29, 0.717) is 0 Å². The second-order valence-electron chi connectivity index (χ2n) is 2.68. The third kappa shape index (κ3) is 5.94. The number of rotatable bonds is 7. The average molecular weight is 257 g/mol. The van der Waals surface area contributed by atoms with Crippen LogP contribution in [0.2, 0.25) is 0 Å². The van der Waals surface area contributed by atoms with Crippen LogP contribution in [0.1, 0.15) is 20.3 Å². The van der Waals surface area contributed by atoms with Crippen LogP contribution < -0.4 is 0 Å². The largest absolute Gasteiger partial charge is 0.550 e. The zero-order valence-corrected chi connectivity index (χ0v) is 10.5. The molecule has 0 N–H and O–H groups in total. The molecule has 6 nitrogen and oxygen atoms in total. The van der Waals surface area contributed by atoms with E-state index in [9.17, 15) is 17.8 Å². The summed E-state index contributed by atoms with van der Waals surface area (Å²) in [5.74, 6) is -2.09. The number of hydrogen-bond donors (Lipinski definition) is 0. The number of ketones is 1. The Labute approximate surface area is 89.9 Å². The Kier molecular flexibility index (Phi) is 6.12. The van der Waals surface area contributed by atoms with Gasteiger partial charge in [-0.05, 0) is 11.5 Å². The summed E-state index contributed by atoms with van der Waals surface area (Å²) in [4.78, 5) is 11.3. The number of carbonyl (C=O) groups is 1. The smallest absolute Gasteiger partial charge is 0.292 e. The molecule has 2 atom stereocenters. The fourth-order valence-electron chi connectivity index (χ4n) is 0.741. The molecule has 0 bridgehead atoms. The van der Waals surface area contributed by atoms with Gasteiger partial charge in [-0.3, -0.25) is 4.79 Å². The summed E-state index contributed by atoms with van der Waals surface area (Å²) in [7, 11) is -6.28. The van der Waals surface area contributed by atoms with E-state index in [1.54, 1.807) is 6.92 Å². The van der Waals surface area contributed by atoms with Gasteiger partial charge in [-0.2, -0.15) is 8.42 Å². The number of carbonyl (C=O) groups excluding carboxylic acids is 1. The van der Waals surface area contributed by atoms with Crippen molar-refractivity contribution >= 4 is 23.9 Å². The van der Waals surface area contributed by atoms with Crippen molar-refractivity contribution in [3.63, 3.8) is 0 Å². The molecule has 2 unspecified atom stereocenters. The molecule has 0 aliphatic rings. The Balaban J connectivity index is 4.74. The standard InChI is InChI=1S/C7H14O6PS/c1-4-6(8)7(13-15(3,10)11)14(9)12-5-2/h7H,4-5H2,1-3H3/q+1. The first-order valence-corrected chi connectivity index (χ1v) is 7.38. The lowest BCUT2D eigenvalue weighted by Crippen LogP contribution is -2.23. The molecule has 0 aromatic heterocycles. The molecule has 88 valence electrons. The minimum absolute atomic E-state index is 0.0360. The average Bonchev–Trinajstić information content (AvgIpc) is 2.12. The van der Waals surface area contributed by atoms with Crippen LogP contribution in [0.5, 0.6) is 0 Å². The van der Waals surface area contributed by atoms with Gasteiger partial charge in [0.25, 0.3) is 10.1 Å². The number of Topliss-reactive ketones (excluding diaryl/α,β-unsaturated/α-hetero) is 1. The van der Waals surface area contributed by atoms with Gasteiger partial charge in [0.2, 0.25) is 5.78 Å². The highest BCUT2D eigenvalue weighted by Crippen LogP contribution is 2.32. The van der Waals surface area contributed by atoms with Crippen LogP contribution >= 0.6 is 8.03 Å². The highest BCUT2D eigenvalue weighted by atomic mass is 32.2. The van der Waals surface area contributed by atoms with Crippen LogP contribution in [0, 0.1) is 0 Å². The monoisotopic (exact) mass is 257 g/mol. The van der Waals surface area contributed by atoms with Gasteiger partial charge in [0, 0.05) is 6.42 Å². The van der Waals surface area contributed by atoms with Crippen molar-refractivity contribution in [3.8, 4) is 0 Å². The first-order chi connectivity index (χ1) is 6.81. The first-order valence-electron chi connectivity index (χ1n) is 4.32. The molecule has 0 aromatic rings. The minimum atomic E-state index is -3.83. The topological polar surface area (TPSA) is 86.7 Å². The van der Waals surface area contributed by atoms with E-state index in [4.69, 9.17) is 0 Å². The van der Waals surface area contributed by atoms with Gasteiger partial charge >= 0.3 is 13.9 Å². The Morgan fingerprint density at radius 1 is 1.40 bits per heavy atom. The normalized spacial score (nSPS) is 14.7. The van der Waals surface area contributed by atoms with Gasteiger partial charge in [-0.15, -0.1) is 4.52 Å². The molecule has 0 amide bonds. The Hall–Kier alpha value is -0.360. The van der Waals surface area contributed by atoms with Gasteiger partial charge < -0.3 is 0 Å². The molecule has 15 heavy (non-hydrogen) atoms. The van der Waals surface area contributed by atoms with E-state index in [0.717, 1.165) is 6.26 Å². The third-order valence-electron chi connectivity index (χ3n) is 1.34. The van der Waals surface area contributed by atoms with E-state index in [2.05, 4.69) is 8.71 Å². The predicted molar refractivity (Wildman–Crippen MR) is 54.2 cm³/mol. The maximum absolute atomic E-state index is 11.3. The SMILES string of the molecule is CCO[P+](=O)C(OS(C)(=O)=O)C(=O)CC. The summed E-state index contributed by atoms with van der Waals surface area (Å²) in [6.45, 7) is 3.23. The van der Waals surface area contributed by atoms with Crippen molar-refractivity contribution < 1.29 is 26.5 Å². The second-order valence-corrected chi connectivity index (χ2v) is 5.57. The summed E-state index contributed by atoms with van der Waals surface area (Å²) >= 11 is 0. The van der Waals surface area contributed by atoms with Crippen LogP contribution in [-0.4, -0.2) is 32.9 Å². The van der Waals surface area contributed by atoms with Crippen molar-refractivity contribution in [2.24, 2.45) is 0 Å². The molecule has 0 fully saturated rings. The third-order valence-corrected chi connectivity index (χ3v) is 3.31. The Bertz CT molecular complexity index is 335. The molecule has 8 heteroatoms. The molecule has 0 aliphatic carbocycles. The molecular weight excluding hydrogens is 243 g/mol. The lowest BCUT2D eigenvalue weighted by Gasteiger charge is -2.03. The molecular formula is C7H14O6PS+. The molecule has 0 rings (SSSR count). The van der Waals surface area contributed by atoms with Gasteiger partial charge in [0.05, 0.1) is 12.9 Å². The number of hydrogen-bond acceptors (Lipinski definition) is 6. The summed E-state index contributed by atoms with van der Waals surface area (Å²) in [5, 5.41) is 0. The molecule has 0 radical (unpaired) electrons. The lowest BCUT2D eigenvalue weighted by atomic mass is 10.3. The molecule has 0 heterocycles. The molecule has 0 aromatic carbocycles. The zero-order chi connectivity index (χ0) is 12.1. The summed E-state index contributed by atoms with van der Waals surface area (Å²) in [5.41, 5.74) is 0. The van der Waals surface area contributed by atoms with Crippen molar-refractivity contribution in [2.45, 2.75) is 26.1 Å². The van der Waals surface area contributed by atoms with Crippen LogP contribution in [0.4, 0.5) is 0 Å². The van der Waals surface area contributed by atoms with E-state index in [-0.39, 0.29) is 13.0 Å². The molecule has 0 spiro atoms. The van der Waals surface area contributed by atoms with Crippen LogP contribution in [0.25, 0.3) is 0 Å². The van der Waals surface area contributed by atoms with Gasteiger partial charge in [0.1, 0.15) is 0 Å². The van der Waals surface area contributed by atoms with Crippen LogP contribution in [0.3, 0.4) is 0 Å². The Morgan fingerprint density at radius 3 is 2.27 bits per heavy atom. The fourth-order valence-corrected chi connectivity index (χ4v) is 2.74. The van der Waals surface area contributed by atoms with Gasteiger partial charge in [0.15, 0.2) is 0 Å². The maximum Gasteiger partial charge on any atom is 0.550 e. The maximum atomic E-state index is 11.3. The first kappa shape index (κ1) is 14.6. The second kappa shape index (κ2) is 6.27. The highest BCUT2D eigenvalue weighted by Gasteiger charge is 2.42. The lowest BCUT2D eigenvalue weighted by molar-refractivity contribution is -0.122. The van der Waals surface area contributed by atoms with Crippen molar-refractivity contribution in [3.05, 3.63) is 0 Å². The Morgan fingerprint density at radius 2 is 1.93 bits per heavy atom. The highest BCUT2D eigenvalue weighted by molar-refractivity contribution is 7.86.